The van der Waals surface area contributed by atoms with Gasteiger partial charge in [0.15, 0.2) is 11.6 Å². The largest absolute Gasteiger partial charge is 0.304 e. The summed E-state index contributed by atoms with van der Waals surface area (Å²) in [5, 5.41) is 2.71. The number of hydrogen-bond acceptors (Lipinski definition) is 4. The molecule has 0 N–H and O–H groups in total. The van der Waals surface area contributed by atoms with E-state index in [9.17, 15) is 0 Å². The average molecular weight is 657 g/mol. The minimum atomic E-state index is -0.114. The van der Waals surface area contributed by atoms with Crippen LogP contribution in [-0.4, -0.2) is 28.7 Å². The molecule has 0 aliphatic heterocycles. The van der Waals surface area contributed by atoms with E-state index in [0.29, 0.717) is 23.1 Å². The lowest BCUT2D eigenvalue weighted by Crippen LogP contribution is -2.21. The second-order valence-electron chi connectivity index (χ2n) is 12.5. The molecule has 0 radical (unpaired) electrons. The molecular weight excluding hydrogens is 629 g/mol. The molecule has 4 heterocycles. The minimum absolute atomic E-state index is 0.114. The number of rotatable bonds is 5. The Balaban J connectivity index is 1.46. The summed E-state index contributed by atoms with van der Waals surface area (Å²) in [4.78, 5) is 30.6. The van der Waals surface area contributed by atoms with Gasteiger partial charge >= 0.3 is 0 Å². The van der Waals surface area contributed by atoms with Crippen molar-refractivity contribution in [1.29, 1.82) is 0 Å². The van der Waals surface area contributed by atoms with E-state index in [-0.39, 0.29) is 5.56 Å². The van der Waals surface area contributed by atoms with Gasteiger partial charge in [-0.15, -0.1) is 0 Å². The zero-order valence-electron chi connectivity index (χ0n) is 27.3. The number of fused-ring (bicyclic) bond motifs is 7. The van der Waals surface area contributed by atoms with E-state index in [2.05, 4.69) is 33.4 Å². The van der Waals surface area contributed by atoms with Gasteiger partial charge in [-0.1, -0.05) is 133 Å². The molecule has 4 aromatic heterocycles. The molecule has 0 bridgehead atoms. The summed E-state index contributed by atoms with van der Waals surface area (Å²) in [6, 6.07) is 56.3. The van der Waals surface area contributed by atoms with Crippen LogP contribution < -0.4 is 5.56 Å². The smallest absolute Gasteiger partial charge is 0.280 e. The first kappa shape index (κ1) is 28.9. The summed E-state index contributed by atoms with van der Waals surface area (Å²) in [6.45, 7) is 0. The predicted octanol–water partition coefficient (Wildman–Crippen LogP) is 9.55. The highest BCUT2D eigenvalue weighted by atomic mass is 16.1. The average Bonchev–Trinajstić information content (AvgIpc) is 3.73. The van der Waals surface area contributed by atoms with Gasteiger partial charge in [0, 0.05) is 38.7 Å². The van der Waals surface area contributed by atoms with Crippen molar-refractivity contribution in [1.82, 2.24) is 28.7 Å². The molecule has 240 valence electrons. The van der Waals surface area contributed by atoms with Crippen molar-refractivity contribution < 1.29 is 0 Å². The van der Waals surface area contributed by atoms with Crippen molar-refractivity contribution in [3.05, 3.63) is 180 Å². The number of para-hydroxylation sites is 4. The van der Waals surface area contributed by atoms with Crippen LogP contribution in [0.15, 0.2) is 175 Å². The van der Waals surface area contributed by atoms with Crippen LogP contribution in [0, 0.1) is 0 Å². The molecule has 0 atom stereocenters. The van der Waals surface area contributed by atoms with Crippen LogP contribution in [0.1, 0.15) is 0 Å². The summed E-state index contributed by atoms with van der Waals surface area (Å²) in [5.41, 5.74) is 7.33. The first-order chi connectivity index (χ1) is 25.3. The molecule has 51 heavy (non-hydrogen) atoms. The van der Waals surface area contributed by atoms with Crippen molar-refractivity contribution in [2.24, 2.45) is 0 Å². The Morgan fingerprint density at radius 1 is 0.373 bits per heavy atom. The predicted molar refractivity (Wildman–Crippen MR) is 205 cm³/mol. The van der Waals surface area contributed by atoms with Crippen molar-refractivity contribution in [2.45, 2.75) is 0 Å². The van der Waals surface area contributed by atoms with Crippen LogP contribution in [0.5, 0.6) is 0 Å². The molecule has 7 heteroatoms. The van der Waals surface area contributed by atoms with Gasteiger partial charge in [0.05, 0.1) is 22.1 Å². The molecule has 0 saturated carbocycles. The van der Waals surface area contributed by atoms with E-state index in [1.807, 2.05) is 150 Å². The van der Waals surface area contributed by atoms with Crippen molar-refractivity contribution in [3.8, 4) is 40.1 Å². The fraction of sp³-hybridized carbons (Fsp3) is 0. The number of benzene rings is 6. The second-order valence-corrected chi connectivity index (χ2v) is 12.5. The Morgan fingerprint density at radius 2 is 0.824 bits per heavy atom. The highest BCUT2D eigenvalue weighted by Crippen LogP contribution is 2.41. The minimum Gasteiger partial charge on any atom is -0.304 e. The van der Waals surface area contributed by atoms with E-state index in [0.717, 1.165) is 60.7 Å². The Labute approximate surface area is 292 Å². The first-order valence-corrected chi connectivity index (χ1v) is 16.9. The molecule has 10 rings (SSSR count). The van der Waals surface area contributed by atoms with Crippen LogP contribution in [0.3, 0.4) is 0 Å². The van der Waals surface area contributed by atoms with Gasteiger partial charge < -0.3 is 4.57 Å². The van der Waals surface area contributed by atoms with Crippen molar-refractivity contribution in [3.63, 3.8) is 0 Å². The molecule has 0 fully saturated rings. The fourth-order valence-corrected chi connectivity index (χ4v) is 7.34. The third-order valence-corrected chi connectivity index (χ3v) is 9.51. The van der Waals surface area contributed by atoms with Crippen LogP contribution in [-0.2, 0) is 0 Å². The van der Waals surface area contributed by atoms with Gasteiger partial charge in [0.1, 0.15) is 5.52 Å². The van der Waals surface area contributed by atoms with E-state index in [1.165, 1.54) is 0 Å². The maximum atomic E-state index is 15.3. The molecule has 0 unspecified atom stereocenters. The number of nitrogens with zero attached hydrogens (tertiary/aromatic N) is 6. The summed E-state index contributed by atoms with van der Waals surface area (Å²) in [7, 11) is 0. The molecule has 0 aliphatic rings. The summed E-state index contributed by atoms with van der Waals surface area (Å²) in [5.74, 6) is 1.58. The Hall–Kier alpha value is -7.12. The van der Waals surface area contributed by atoms with Gasteiger partial charge in [-0.05, 0) is 36.4 Å². The highest BCUT2D eigenvalue weighted by Gasteiger charge is 2.28. The van der Waals surface area contributed by atoms with E-state index < -0.39 is 0 Å². The van der Waals surface area contributed by atoms with Crippen LogP contribution in [0.2, 0.25) is 0 Å². The molecule has 0 aliphatic carbocycles. The van der Waals surface area contributed by atoms with Gasteiger partial charge in [-0.25, -0.2) is 4.98 Å². The zero-order valence-corrected chi connectivity index (χ0v) is 27.3. The highest BCUT2D eigenvalue weighted by molar-refractivity contribution is 6.25. The summed E-state index contributed by atoms with van der Waals surface area (Å²) < 4.78 is 6.06. The topological polar surface area (TPSA) is 70.5 Å². The maximum Gasteiger partial charge on any atom is 0.280 e. The molecule has 7 nitrogen and oxygen atoms in total. The van der Waals surface area contributed by atoms with Crippen molar-refractivity contribution >= 4 is 43.7 Å². The molecule has 10 aromatic rings. The Bertz CT molecular complexity index is 2910. The SMILES string of the molecule is O=c1c2c(c3ccccc3n2-c2ccccc2)c2c(c3ccccc3n2-c2nc(-c3ccccc3)nc(-c3ccccc3)n2)n1-c1ccccc1. The maximum absolute atomic E-state index is 15.3. The van der Waals surface area contributed by atoms with E-state index in [1.54, 1.807) is 0 Å². The van der Waals surface area contributed by atoms with Crippen LogP contribution in [0.25, 0.3) is 83.8 Å². The summed E-state index contributed by atoms with van der Waals surface area (Å²) >= 11 is 0. The lowest BCUT2D eigenvalue weighted by atomic mass is 10.1. The molecule has 0 spiro atoms. The molecule has 0 saturated heterocycles. The van der Waals surface area contributed by atoms with E-state index >= 15 is 4.79 Å². The Morgan fingerprint density at radius 3 is 1.39 bits per heavy atom. The zero-order chi connectivity index (χ0) is 33.9. The monoisotopic (exact) mass is 656 g/mol. The van der Waals surface area contributed by atoms with Gasteiger partial charge in [0.2, 0.25) is 5.95 Å². The third-order valence-electron chi connectivity index (χ3n) is 9.51. The lowest BCUT2D eigenvalue weighted by molar-refractivity contribution is 0.952. The van der Waals surface area contributed by atoms with Gasteiger partial charge in [-0.3, -0.25) is 13.9 Å². The van der Waals surface area contributed by atoms with Crippen LogP contribution in [0.4, 0.5) is 0 Å². The third kappa shape index (κ3) is 4.45. The standard InChI is InChI=1S/C44H28N6O/c51-43-40-37(33-25-13-15-27-35(33)48(40)31-21-9-3-10-22-31)39-38(49(43)32-23-11-4-12-24-32)34-26-14-16-28-36(34)50(39)44-46-41(29-17-5-1-6-18-29)45-42(47-44)30-19-7-2-8-20-30/h1-28H. The normalized spacial score (nSPS) is 11.6. The van der Waals surface area contributed by atoms with E-state index in [4.69, 9.17) is 15.0 Å². The molecular formula is C44H28N6O. The lowest BCUT2D eigenvalue weighted by Gasteiger charge is -2.14. The Kier molecular flexibility index (Phi) is 6.50. The fourth-order valence-electron chi connectivity index (χ4n) is 7.34. The number of aromatic nitrogens is 6. The molecule has 0 amide bonds. The van der Waals surface area contributed by atoms with Crippen LogP contribution >= 0.6 is 0 Å². The first-order valence-electron chi connectivity index (χ1n) is 16.9. The van der Waals surface area contributed by atoms with Gasteiger partial charge in [-0.2, -0.15) is 9.97 Å². The number of pyridine rings is 1. The van der Waals surface area contributed by atoms with Gasteiger partial charge in [0.25, 0.3) is 5.56 Å². The second kappa shape index (κ2) is 11.5. The number of hydrogen-bond donors (Lipinski definition) is 0. The summed E-state index contributed by atoms with van der Waals surface area (Å²) in [6.07, 6.45) is 0. The quantitative estimate of drug-likeness (QED) is 0.185. The van der Waals surface area contributed by atoms with Crippen molar-refractivity contribution in [2.75, 3.05) is 0 Å². The molecule has 6 aromatic carbocycles.